The third-order valence-electron chi connectivity index (χ3n) is 2.93. The van der Waals surface area contributed by atoms with E-state index in [4.69, 9.17) is 5.26 Å². The van der Waals surface area contributed by atoms with E-state index in [0.29, 0.717) is 5.56 Å². The maximum Gasteiger partial charge on any atom is 0.326 e. The van der Waals surface area contributed by atoms with Crippen molar-refractivity contribution in [1.29, 1.82) is 5.26 Å². The number of nitrogens with zero attached hydrogens (tertiary/aromatic N) is 2. The summed E-state index contributed by atoms with van der Waals surface area (Å²) in [6.45, 7) is 1.22. The first-order chi connectivity index (χ1) is 8.49. The molecule has 1 aliphatic heterocycles. The molecule has 0 spiro atoms. The molecule has 92 valence electrons. The van der Waals surface area contributed by atoms with Crippen molar-refractivity contribution in [2.45, 2.75) is 12.5 Å². The van der Waals surface area contributed by atoms with Crippen LogP contribution in [0.1, 0.15) is 12.5 Å². The quantitative estimate of drug-likeness (QED) is 0.628. The molecular weight excluding hydrogens is 237 g/mol. The molecule has 1 saturated heterocycles. The number of carbonyl (C=O) groups is 2. The van der Waals surface area contributed by atoms with Crippen molar-refractivity contribution in [3.63, 3.8) is 0 Å². The summed E-state index contributed by atoms with van der Waals surface area (Å²) in [6, 6.07) is 6.43. The molecule has 5 nitrogen and oxygen atoms in total. The molecule has 1 heterocycles. The predicted octanol–water partition coefficient (Wildman–Crippen LogP) is 1.12. The summed E-state index contributed by atoms with van der Waals surface area (Å²) in [4.78, 5) is 24.5. The van der Waals surface area contributed by atoms with Crippen LogP contribution in [-0.4, -0.2) is 23.4 Å². The fourth-order valence-corrected chi connectivity index (χ4v) is 1.89. The molecule has 0 aliphatic carbocycles. The minimum Gasteiger partial charge on any atom is -0.319 e. The highest BCUT2D eigenvalue weighted by Crippen LogP contribution is 2.28. The topological polar surface area (TPSA) is 73.2 Å². The molecule has 18 heavy (non-hydrogen) atoms. The number of nitrogens with one attached hydrogen (secondary N) is 1. The van der Waals surface area contributed by atoms with Crippen LogP contribution >= 0.6 is 0 Å². The molecule has 1 atom stereocenters. The molecule has 1 aromatic carbocycles. The SMILES string of the molecule is CC1(c2ccc(F)cc2)NC(=O)N(CC#N)C1=O. The van der Waals surface area contributed by atoms with E-state index < -0.39 is 23.3 Å². The Balaban J connectivity index is 2.39. The standard InChI is InChI=1S/C12H10FN3O2/c1-12(8-2-4-9(13)5-3-8)10(17)16(7-6-14)11(18)15-12/h2-5H,7H2,1H3,(H,15,18). The number of nitriles is 1. The normalized spacial score (nSPS) is 22.8. The van der Waals surface area contributed by atoms with Gasteiger partial charge in [0.1, 0.15) is 17.9 Å². The van der Waals surface area contributed by atoms with Gasteiger partial charge in [0.25, 0.3) is 5.91 Å². The van der Waals surface area contributed by atoms with Crippen LogP contribution in [0.3, 0.4) is 0 Å². The minimum absolute atomic E-state index is 0.304. The maximum atomic E-state index is 12.8. The van der Waals surface area contributed by atoms with Crippen LogP contribution in [0.25, 0.3) is 0 Å². The monoisotopic (exact) mass is 247 g/mol. The van der Waals surface area contributed by atoms with Gasteiger partial charge in [0.15, 0.2) is 0 Å². The van der Waals surface area contributed by atoms with Gasteiger partial charge in [-0.1, -0.05) is 12.1 Å². The number of halogens is 1. The van der Waals surface area contributed by atoms with E-state index in [1.165, 1.54) is 31.2 Å². The third kappa shape index (κ3) is 1.70. The lowest BCUT2D eigenvalue weighted by molar-refractivity contribution is -0.130. The lowest BCUT2D eigenvalue weighted by atomic mass is 9.92. The summed E-state index contributed by atoms with van der Waals surface area (Å²) in [6.07, 6.45) is 0. The Morgan fingerprint density at radius 2 is 2.00 bits per heavy atom. The first kappa shape index (κ1) is 12.0. The summed E-state index contributed by atoms with van der Waals surface area (Å²) in [5.74, 6) is -0.936. The van der Waals surface area contributed by atoms with E-state index in [9.17, 15) is 14.0 Å². The van der Waals surface area contributed by atoms with Crippen molar-refractivity contribution in [3.8, 4) is 6.07 Å². The summed E-state index contributed by atoms with van der Waals surface area (Å²) < 4.78 is 12.8. The number of amides is 3. The number of imide groups is 1. The van der Waals surface area contributed by atoms with Crippen molar-refractivity contribution in [1.82, 2.24) is 10.2 Å². The number of rotatable bonds is 2. The van der Waals surface area contributed by atoms with E-state index in [1.54, 1.807) is 6.07 Å². The Hall–Kier alpha value is -2.42. The van der Waals surface area contributed by atoms with Crippen molar-refractivity contribution in [3.05, 3.63) is 35.6 Å². The Bertz CT molecular complexity index is 549. The van der Waals surface area contributed by atoms with Crippen LogP contribution in [0.4, 0.5) is 9.18 Å². The van der Waals surface area contributed by atoms with Gasteiger partial charge in [-0.25, -0.2) is 14.1 Å². The molecule has 1 fully saturated rings. The van der Waals surface area contributed by atoms with Gasteiger partial charge < -0.3 is 5.32 Å². The van der Waals surface area contributed by atoms with Crippen LogP contribution in [0.15, 0.2) is 24.3 Å². The Morgan fingerprint density at radius 3 is 2.56 bits per heavy atom. The number of benzene rings is 1. The second-order valence-corrected chi connectivity index (χ2v) is 4.11. The van der Waals surface area contributed by atoms with E-state index in [-0.39, 0.29) is 6.54 Å². The highest BCUT2D eigenvalue weighted by Gasteiger charge is 2.48. The van der Waals surface area contributed by atoms with Gasteiger partial charge in [-0.2, -0.15) is 5.26 Å². The lowest BCUT2D eigenvalue weighted by Crippen LogP contribution is -2.40. The number of carbonyl (C=O) groups excluding carboxylic acids is 2. The highest BCUT2D eigenvalue weighted by atomic mass is 19.1. The summed E-state index contributed by atoms with van der Waals surface area (Å²) in [7, 11) is 0. The average Bonchev–Trinajstić information content (AvgIpc) is 2.55. The maximum absolute atomic E-state index is 12.8. The molecule has 0 bridgehead atoms. The predicted molar refractivity (Wildman–Crippen MR) is 59.6 cm³/mol. The number of hydrogen-bond acceptors (Lipinski definition) is 3. The van der Waals surface area contributed by atoms with Gasteiger partial charge in [-0.15, -0.1) is 0 Å². The molecule has 1 aliphatic rings. The van der Waals surface area contributed by atoms with Crippen molar-refractivity contribution >= 4 is 11.9 Å². The fraction of sp³-hybridized carbons (Fsp3) is 0.250. The Kier molecular flexibility index (Phi) is 2.75. The van der Waals surface area contributed by atoms with Crippen LogP contribution in [0.2, 0.25) is 0 Å². The van der Waals surface area contributed by atoms with Gasteiger partial charge in [0.2, 0.25) is 0 Å². The zero-order valence-corrected chi connectivity index (χ0v) is 9.61. The van der Waals surface area contributed by atoms with Gasteiger partial charge in [-0.05, 0) is 24.6 Å². The van der Waals surface area contributed by atoms with Gasteiger partial charge in [0, 0.05) is 0 Å². The molecule has 1 unspecified atom stereocenters. The van der Waals surface area contributed by atoms with Gasteiger partial charge >= 0.3 is 6.03 Å². The summed E-state index contributed by atoms with van der Waals surface area (Å²) >= 11 is 0. The molecule has 1 aromatic rings. The first-order valence-electron chi connectivity index (χ1n) is 5.26. The van der Waals surface area contributed by atoms with Crippen molar-refractivity contribution in [2.75, 3.05) is 6.54 Å². The van der Waals surface area contributed by atoms with Crippen LogP contribution in [0.5, 0.6) is 0 Å². The molecular formula is C12H10FN3O2. The summed E-state index contributed by atoms with van der Waals surface area (Å²) in [5, 5.41) is 11.1. The lowest BCUT2D eigenvalue weighted by Gasteiger charge is -2.21. The zero-order chi connectivity index (χ0) is 13.3. The molecule has 1 N–H and O–H groups in total. The molecule has 0 radical (unpaired) electrons. The van der Waals surface area contributed by atoms with Crippen LogP contribution in [-0.2, 0) is 10.3 Å². The first-order valence-corrected chi connectivity index (χ1v) is 5.26. The molecule has 0 aromatic heterocycles. The molecule has 3 amide bonds. The van der Waals surface area contributed by atoms with Crippen LogP contribution in [0, 0.1) is 17.1 Å². The summed E-state index contributed by atoms with van der Waals surface area (Å²) in [5.41, 5.74) is -0.774. The number of hydrogen-bond donors (Lipinski definition) is 1. The van der Waals surface area contributed by atoms with Crippen molar-refractivity contribution < 1.29 is 14.0 Å². The molecule has 6 heteroatoms. The van der Waals surface area contributed by atoms with Crippen LogP contribution < -0.4 is 5.32 Å². The average molecular weight is 247 g/mol. The highest BCUT2D eigenvalue weighted by molar-refractivity contribution is 6.07. The zero-order valence-electron chi connectivity index (χ0n) is 9.61. The fourth-order valence-electron chi connectivity index (χ4n) is 1.89. The van der Waals surface area contributed by atoms with E-state index in [1.807, 2.05) is 0 Å². The largest absolute Gasteiger partial charge is 0.326 e. The van der Waals surface area contributed by atoms with E-state index in [2.05, 4.69) is 5.32 Å². The molecule has 0 saturated carbocycles. The van der Waals surface area contributed by atoms with E-state index in [0.717, 1.165) is 4.90 Å². The van der Waals surface area contributed by atoms with Gasteiger partial charge in [-0.3, -0.25) is 4.79 Å². The smallest absolute Gasteiger partial charge is 0.319 e. The number of urea groups is 1. The van der Waals surface area contributed by atoms with Gasteiger partial charge in [0.05, 0.1) is 6.07 Å². The third-order valence-corrected chi connectivity index (χ3v) is 2.93. The Labute approximate surface area is 103 Å². The second kappa shape index (κ2) is 4.11. The molecule has 2 rings (SSSR count). The van der Waals surface area contributed by atoms with E-state index >= 15 is 0 Å². The second-order valence-electron chi connectivity index (χ2n) is 4.11. The van der Waals surface area contributed by atoms with Crippen molar-refractivity contribution in [2.24, 2.45) is 0 Å². The Morgan fingerprint density at radius 1 is 1.39 bits per heavy atom. The minimum atomic E-state index is -1.25.